The maximum atomic E-state index is 6.21. The molecule has 0 saturated carbocycles. The van der Waals surface area contributed by atoms with Crippen LogP contribution in [0.15, 0.2) is 54.6 Å². The fourth-order valence-electron chi connectivity index (χ4n) is 1.95. The average Bonchev–Trinajstić information content (AvgIpc) is 2.38. The van der Waals surface area contributed by atoms with Gasteiger partial charge in [0.1, 0.15) is 0 Å². The molecule has 0 aliphatic rings. The van der Waals surface area contributed by atoms with E-state index < -0.39 is 0 Å². The van der Waals surface area contributed by atoms with E-state index in [2.05, 4.69) is 18.2 Å². The summed E-state index contributed by atoms with van der Waals surface area (Å²) in [6.07, 6.45) is 0.925. The Bertz CT molecular complexity index is 465. The molecule has 0 heterocycles. The number of hydrogen-bond donors (Lipinski definition) is 0. The quantitative estimate of drug-likeness (QED) is 0.689. The van der Waals surface area contributed by atoms with Crippen LogP contribution in [0.2, 0.25) is 5.02 Å². The summed E-state index contributed by atoms with van der Waals surface area (Å²) in [7, 11) is 0. The van der Waals surface area contributed by atoms with E-state index in [1.54, 1.807) is 0 Å². The fraction of sp³-hybridized carbons (Fsp3) is 0.200. The van der Waals surface area contributed by atoms with Gasteiger partial charge in [-0.3, -0.25) is 0 Å². The molecule has 0 aliphatic heterocycles. The van der Waals surface area contributed by atoms with Gasteiger partial charge >= 0.3 is 0 Å². The zero-order valence-corrected chi connectivity index (χ0v) is 11.0. The molecule has 0 fully saturated rings. The van der Waals surface area contributed by atoms with E-state index in [1.165, 1.54) is 5.56 Å². The molecule has 0 nitrogen and oxygen atoms in total. The van der Waals surface area contributed by atoms with Crippen molar-refractivity contribution in [1.82, 2.24) is 0 Å². The zero-order valence-electron chi connectivity index (χ0n) is 9.44. The molecule has 2 heteroatoms. The number of halogens is 2. The second-order valence-corrected chi connectivity index (χ2v) is 4.78. The highest BCUT2D eigenvalue weighted by molar-refractivity contribution is 6.31. The highest BCUT2D eigenvalue weighted by Gasteiger charge is 2.13. The molecule has 0 bridgehead atoms. The van der Waals surface area contributed by atoms with Crippen LogP contribution in [0.4, 0.5) is 0 Å². The summed E-state index contributed by atoms with van der Waals surface area (Å²) in [5.74, 6) is 0.853. The lowest BCUT2D eigenvalue weighted by Crippen LogP contribution is -2.05. The Morgan fingerprint density at radius 1 is 0.882 bits per heavy atom. The molecule has 0 spiro atoms. The van der Waals surface area contributed by atoms with Gasteiger partial charge in [0.25, 0.3) is 0 Å². The van der Waals surface area contributed by atoms with Crippen LogP contribution in [-0.2, 0) is 6.42 Å². The zero-order chi connectivity index (χ0) is 12.1. The van der Waals surface area contributed by atoms with E-state index >= 15 is 0 Å². The molecule has 88 valence electrons. The number of rotatable bonds is 4. The summed E-state index contributed by atoms with van der Waals surface area (Å²) in [4.78, 5) is 0. The topological polar surface area (TPSA) is 0 Å². The van der Waals surface area contributed by atoms with Gasteiger partial charge in [0.05, 0.1) is 0 Å². The van der Waals surface area contributed by atoms with Gasteiger partial charge in [-0.1, -0.05) is 60.1 Å². The van der Waals surface area contributed by atoms with Crippen molar-refractivity contribution in [2.75, 3.05) is 5.88 Å². The summed E-state index contributed by atoms with van der Waals surface area (Å²) < 4.78 is 0. The molecular weight excluding hydrogens is 251 g/mol. The summed E-state index contributed by atoms with van der Waals surface area (Å²) >= 11 is 12.3. The fourth-order valence-corrected chi connectivity index (χ4v) is 2.52. The van der Waals surface area contributed by atoms with Crippen molar-refractivity contribution in [1.29, 1.82) is 0 Å². The van der Waals surface area contributed by atoms with Crippen LogP contribution in [0.5, 0.6) is 0 Å². The van der Waals surface area contributed by atoms with Gasteiger partial charge in [0.15, 0.2) is 0 Å². The van der Waals surface area contributed by atoms with Gasteiger partial charge in [-0.15, -0.1) is 11.6 Å². The highest BCUT2D eigenvalue weighted by atomic mass is 35.5. The minimum Gasteiger partial charge on any atom is -0.126 e. The Hall–Kier alpha value is -0.980. The number of benzene rings is 2. The van der Waals surface area contributed by atoms with E-state index in [0.29, 0.717) is 5.88 Å². The van der Waals surface area contributed by atoms with Crippen LogP contribution < -0.4 is 0 Å². The van der Waals surface area contributed by atoms with Crippen molar-refractivity contribution < 1.29 is 0 Å². The van der Waals surface area contributed by atoms with Crippen molar-refractivity contribution in [2.24, 2.45) is 0 Å². The molecule has 17 heavy (non-hydrogen) atoms. The van der Waals surface area contributed by atoms with Gasteiger partial charge in [-0.2, -0.15) is 0 Å². The Kier molecular flexibility index (Phi) is 4.47. The van der Waals surface area contributed by atoms with Crippen LogP contribution in [0.25, 0.3) is 0 Å². The predicted molar refractivity (Wildman–Crippen MR) is 75.1 cm³/mol. The molecule has 2 aromatic rings. The first-order chi connectivity index (χ1) is 8.31. The molecule has 2 aromatic carbocycles. The van der Waals surface area contributed by atoms with Gasteiger partial charge in [-0.05, 0) is 23.6 Å². The standard InChI is InChI=1S/C15H14Cl2/c16-11-13(10-12-6-2-1-3-7-12)14-8-4-5-9-15(14)17/h1-9,13H,10-11H2. The lowest BCUT2D eigenvalue weighted by atomic mass is 9.93. The third-order valence-electron chi connectivity index (χ3n) is 2.86. The highest BCUT2D eigenvalue weighted by Crippen LogP contribution is 2.28. The van der Waals surface area contributed by atoms with Gasteiger partial charge < -0.3 is 0 Å². The van der Waals surface area contributed by atoms with Crippen LogP contribution >= 0.6 is 23.2 Å². The summed E-state index contributed by atoms with van der Waals surface area (Å²) in [6.45, 7) is 0. The van der Waals surface area contributed by atoms with E-state index in [0.717, 1.165) is 17.0 Å². The minimum absolute atomic E-state index is 0.271. The monoisotopic (exact) mass is 264 g/mol. The SMILES string of the molecule is ClCC(Cc1ccccc1)c1ccccc1Cl. The second-order valence-electron chi connectivity index (χ2n) is 4.06. The van der Waals surface area contributed by atoms with Crippen molar-refractivity contribution in [3.63, 3.8) is 0 Å². The van der Waals surface area contributed by atoms with Crippen LogP contribution in [0, 0.1) is 0 Å². The van der Waals surface area contributed by atoms with Gasteiger partial charge in [0, 0.05) is 16.8 Å². The Balaban J connectivity index is 2.21. The van der Waals surface area contributed by atoms with Crippen molar-refractivity contribution in [2.45, 2.75) is 12.3 Å². The van der Waals surface area contributed by atoms with Crippen molar-refractivity contribution >= 4 is 23.2 Å². The Labute approximate surface area is 112 Å². The second kappa shape index (κ2) is 6.09. The summed E-state index contributed by atoms with van der Waals surface area (Å²) in [6, 6.07) is 18.3. The molecule has 2 rings (SSSR count). The summed E-state index contributed by atoms with van der Waals surface area (Å²) in [5, 5.41) is 0.800. The molecule has 0 radical (unpaired) electrons. The van der Waals surface area contributed by atoms with Crippen molar-refractivity contribution in [3.8, 4) is 0 Å². The lowest BCUT2D eigenvalue weighted by Gasteiger charge is -2.15. The Morgan fingerprint density at radius 3 is 2.18 bits per heavy atom. The minimum atomic E-state index is 0.271. The van der Waals surface area contributed by atoms with E-state index in [4.69, 9.17) is 23.2 Å². The van der Waals surface area contributed by atoms with E-state index in [-0.39, 0.29) is 5.92 Å². The van der Waals surface area contributed by atoms with E-state index in [1.807, 2.05) is 36.4 Å². The first-order valence-corrected chi connectivity index (χ1v) is 6.57. The molecule has 0 aromatic heterocycles. The molecule has 0 amide bonds. The molecular formula is C15H14Cl2. The third-order valence-corrected chi connectivity index (χ3v) is 3.57. The maximum Gasteiger partial charge on any atom is 0.0441 e. The average molecular weight is 265 g/mol. The van der Waals surface area contributed by atoms with Crippen molar-refractivity contribution in [3.05, 3.63) is 70.7 Å². The normalized spacial score (nSPS) is 12.4. The molecule has 1 atom stereocenters. The first-order valence-electron chi connectivity index (χ1n) is 5.65. The Morgan fingerprint density at radius 2 is 1.53 bits per heavy atom. The van der Waals surface area contributed by atoms with Crippen LogP contribution in [-0.4, -0.2) is 5.88 Å². The molecule has 0 aliphatic carbocycles. The summed E-state index contributed by atoms with van der Waals surface area (Å²) in [5.41, 5.74) is 2.42. The van der Waals surface area contributed by atoms with Gasteiger partial charge in [-0.25, -0.2) is 0 Å². The molecule has 1 unspecified atom stereocenters. The maximum absolute atomic E-state index is 6.21. The largest absolute Gasteiger partial charge is 0.126 e. The van der Waals surface area contributed by atoms with Crippen LogP contribution in [0.1, 0.15) is 17.0 Å². The smallest absolute Gasteiger partial charge is 0.0441 e. The molecule has 0 N–H and O–H groups in total. The predicted octanol–water partition coefficient (Wildman–Crippen LogP) is 4.91. The van der Waals surface area contributed by atoms with Crippen LogP contribution in [0.3, 0.4) is 0 Å². The lowest BCUT2D eigenvalue weighted by molar-refractivity contribution is 0.766. The van der Waals surface area contributed by atoms with Gasteiger partial charge in [0.2, 0.25) is 0 Å². The number of hydrogen-bond acceptors (Lipinski definition) is 0. The molecule has 0 saturated heterocycles. The number of alkyl halides is 1. The first kappa shape index (κ1) is 12.5. The third kappa shape index (κ3) is 3.24. The van der Waals surface area contributed by atoms with E-state index in [9.17, 15) is 0 Å².